The zero-order valence-corrected chi connectivity index (χ0v) is 26.4. The van der Waals surface area contributed by atoms with Gasteiger partial charge in [0.1, 0.15) is 35.6 Å². The Kier molecular flexibility index (Phi) is 11.6. The fraction of sp³-hybridized carbons (Fsp3) is 0.548. The number of benzene rings is 1. The minimum atomic E-state index is -0.815. The lowest BCUT2D eigenvalue weighted by Gasteiger charge is -2.31. The standard InChI is InChI=1S/C31H42N4O5S2/c1-31(2,3)40-30(38)35(16-17-41-22-35)29(37)34-26(21-42-20-23-10-6-4-7-11-23)28(36)33-19-24-18-32-15-14-27(24)39-25-12-8-5-9-13-25/h5,8-9,12-15,18,23,26H,4,6-7,10-11,16-17,19-22H2,1-3H3,(H-,33,34,36,37)/p+1/t26-,35?/m0/s1. The molecule has 1 aromatic heterocycles. The number of aromatic nitrogens is 1. The summed E-state index contributed by atoms with van der Waals surface area (Å²) in [6.07, 6.45) is 8.91. The fourth-order valence-corrected chi connectivity index (χ4v) is 7.48. The van der Waals surface area contributed by atoms with Crippen molar-refractivity contribution in [2.45, 2.75) is 71.1 Å². The van der Waals surface area contributed by atoms with E-state index in [1.165, 1.54) is 43.9 Å². The average Bonchev–Trinajstić information content (AvgIpc) is 3.48. The monoisotopic (exact) mass is 615 g/mol. The third-order valence-electron chi connectivity index (χ3n) is 7.32. The number of rotatable bonds is 10. The highest BCUT2D eigenvalue weighted by Gasteiger charge is 2.52. The molecular weight excluding hydrogens is 572 g/mol. The third-order valence-corrected chi connectivity index (χ3v) is 9.69. The molecule has 1 saturated carbocycles. The molecule has 1 saturated heterocycles. The maximum absolute atomic E-state index is 13.7. The number of thioether (sulfide) groups is 2. The van der Waals surface area contributed by atoms with Crippen LogP contribution in [0, 0.1) is 5.92 Å². The Morgan fingerprint density at radius 3 is 2.57 bits per heavy atom. The van der Waals surface area contributed by atoms with Gasteiger partial charge in [-0.1, -0.05) is 49.2 Å². The van der Waals surface area contributed by atoms with Gasteiger partial charge in [0.2, 0.25) is 5.91 Å². The van der Waals surface area contributed by atoms with E-state index in [-0.39, 0.29) is 18.3 Å². The SMILES string of the molecule is CC(C)(C)OC(=O)[N+]1(C(=O)N[C@@H](CSCC2CCCCC2)C(=O)NCc2cnccc2Oc2ccccc2)CCSC1. The van der Waals surface area contributed by atoms with Crippen molar-refractivity contribution in [2.75, 3.05) is 29.7 Å². The normalized spacial score (nSPS) is 20.0. The lowest BCUT2D eigenvalue weighted by molar-refractivity contribution is -0.756. The number of nitrogens with one attached hydrogen (secondary N) is 2. The minimum absolute atomic E-state index is 0.177. The van der Waals surface area contributed by atoms with Crippen LogP contribution < -0.4 is 15.4 Å². The molecule has 1 aliphatic carbocycles. The molecule has 4 rings (SSSR count). The van der Waals surface area contributed by atoms with Gasteiger partial charge in [-0.15, -0.1) is 4.48 Å². The topological polar surface area (TPSA) is 107 Å². The number of pyridine rings is 1. The Morgan fingerprint density at radius 1 is 1.12 bits per heavy atom. The quantitative estimate of drug-likeness (QED) is 0.299. The summed E-state index contributed by atoms with van der Waals surface area (Å²) in [5.41, 5.74) is -0.0195. The first-order valence-electron chi connectivity index (χ1n) is 14.7. The van der Waals surface area contributed by atoms with E-state index in [0.29, 0.717) is 41.0 Å². The number of carbonyl (C=O) groups is 3. The van der Waals surface area contributed by atoms with Crippen molar-refractivity contribution in [2.24, 2.45) is 5.92 Å². The lowest BCUT2D eigenvalue weighted by Crippen LogP contribution is -2.63. The van der Waals surface area contributed by atoms with E-state index in [1.54, 1.807) is 51.0 Å². The summed E-state index contributed by atoms with van der Waals surface area (Å²) >= 11 is 3.21. The number of hydrogen-bond donors (Lipinski definition) is 2. The molecule has 2 atom stereocenters. The molecule has 0 spiro atoms. The highest BCUT2D eigenvalue weighted by molar-refractivity contribution is 7.99. The van der Waals surface area contributed by atoms with Crippen molar-refractivity contribution in [1.82, 2.24) is 15.6 Å². The van der Waals surface area contributed by atoms with Gasteiger partial charge in [0, 0.05) is 36.0 Å². The number of urea groups is 1. The summed E-state index contributed by atoms with van der Waals surface area (Å²) in [5, 5.41) is 5.91. The molecular formula is C31H43N4O5S2+. The van der Waals surface area contributed by atoms with Crippen molar-refractivity contribution >= 4 is 41.6 Å². The van der Waals surface area contributed by atoms with Crippen molar-refractivity contribution in [3.63, 3.8) is 0 Å². The number of hydrogen-bond acceptors (Lipinski definition) is 8. The van der Waals surface area contributed by atoms with Gasteiger partial charge < -0.3 is 14.8 Å². The van der Waals surface area contributed by atoms with Gasteiger partial charge in [-0.25, -0.2) is 4.79 Å². The van der Waals surface area contributed by atoms with Crippen LogP contribution in [0.1, 0.15) is 58.4 Å². The van der Waals surface area contributed by atoms with E-state index >= 15 is 0 Å². The van der Waals surface area contributed by atoms with E-state index in [9.17, 15) is 14.4 Å². The first kappa shape index (κ1) is 32.2. The molecule has 228 valence electrons. The molecule has 2 aromatic rings. The largest absolute Gasteiger partial charge is 0.526 e. The van der Waals surface area contributed by atoms with Gasteiger partial charge in [-0.2, -0.15) is 16.6 Å². The Labute approximate surface area is 257 Å². The molecule has 0 radical (unpaired) electrons. The van der Waals surface area contributed by atoms with Crippen LogP contribution in [0.5, 0.6) is 11.5 Å². The highest BCUT2D eigenvalue weighted by atomic mass is 32.2. The zero-order valence-electron chi connectivity index (χ0n) is 24.8. The smallest absolute Gasteiger partial charge is 0.457 e. The number of ether oxygens (including phenoxy) is 2. The van der Waals surface area contributed by atoms with Crippen LogP contribution in [-0.4, -0.2) is 68.8 Å². The molecule has 42 heavy (non-hydrogen) atoms. The van der Waals surface area contributed by atoms with Crippen LogP contribution in [0.2, 0.25) is 0 Å². The first-order chi connectivity index (χ1) is 20.2. The maximum atomic E-state index is 13.7. The molecule has 2 heterocycles. The Hall–Kier alpha value is -2.76. The Balaban J connectivity index is 1.45. The van der Waals surface area contributed by atoms with Crippen molar-refractivity contribution in [1.29, 1.82) is 0 Å². The fourth-order valence-electron chi connectivity index (χ4n) is 4.97. The number of carbonyl (C=O) groups excluding carboxylic acids is 3. The highest BCUT2D eigenvalue weighted by Crippen LogP contribution is 2.29. The average molecular weight is 616 g/mol. The molecule has 9 nitrogen and oxygen atoms in total. The number of quaternary nitrogens is 1. The van der Waals surface area contributed by atoms with Gasteiger partial charge >= 0.3 is 12.1 Å². The van der Waals surface area contributed by atoms with Crippen molar-refractivity contribution < 1.29 is 28.3 Å². The van der Waals surface area contributed by atoms with Crippen LogP contribution in [0.4, 0.5) is 9.59 Å². The summed E-state index contributed by atoms with van der Waals surface area (Å²) in [4.78, 5) is 44.8. The second-order valence-electron chi connectivity index (χ2n) is 11.9. The van der Waals surface area contributed by atoms with Gasteiger partial charge in [0.05, 0.1) is 0 Å². The second-order valence-corrected chi connectivity index (χ2v) is 14.0. The third kappa shape index (κ3) is 9.12. The van der Waals surface area contributed by atoms with E-state index in [2.05, 4.69) is 15.6 Å². The predicted molar refractivity (Wildman–Crippen MR) is 168 cm³/mol. The molecule has 2 fully saturated rings. The molecule has 1 unspecified atom stereocenters. The summed E-state index contributed by atoms with van der Waals surface area (Å²) in [6, 6.07) is 9.86. The summed E-state index contributed by atoms with van der Waals surface area (Å²) in [7, 11) is 0. The van der Waals surface area contributed by atoms with Gasteiger partial charge in [0.15, 0.2) is 0 Å². The summed E-state index contributed by atoms with van der Waals surface area (Å²) < 4.78 is 11.2. The summed E-state index contributed by atoms with van der Waals surface area (Å²) in [6.45, 7) is 5.86. The van der Waals surface area contributed by atoms with E-state index in [4.69, 9.17) is 9.47 Å². The van der Waals surface area contributed by atoms with Crippen LogP contribution in [-0.2, 0) is 16.1 Å². The number of imide groups is 1. The Morgan fingerprint density at radius 2 is 1.88 bits per heavy atom. The Bertz CT molecular complexity index is 1200. The van der Waals surface area contributed by atoms with E-state index < -0.39 is 28.3 Å². The van der Waals surface area contributed by atoms with Crippen LogP contribution in [0.25, 0.3) is 0 Å². The minimum Gasteiger partial charge on any atom is -0.457 e. The molecule has 0 bridgehead atoms. The number of amides is 4. The zero-order chi connectivity index (χ0) is 30.0. The summed E-state index contributed by atoms with van der Waals surface area (Å²) in [5.74, 6) is 3.88. The molecule has 1 aliphatic heterocycles. The van der Waals surface area contributed by atoms with E-state index in [1.807, 2.05) is 30.3 Å². The molecule has 2 aliphatic rings. The van der Waals surface area contributed by atoms with Crippen molar-refractivity contribution in [3.05, 3.63) is 54.4 Å². The molecule has 1 aromatic carbocycles. The molecule has 4 amide bonds. The second kappa shape index (κ2) is 15.1. The molecule has 11 heteroatoms. The van der Waals surface area contributed by atoms with Gasteiger partial charge in [-0.3, -0.25) is 15.1 Å². The van der Waals surface area contributed by atoms with Crippen molar-refractivity contribution in [3.8, 4) is 11.5 Å². The number of nitrogens with zero attached hydrogens (tertiary/aromatic N) is 2. The van der Waals surface area contributed by atoms with Crippen LogP contribution in [0.3, 0.4) is 0 Å². The van der Waals surface area contributed by atoms with Crippen LogP contribution in [0.15, 0.2) is 48.8 Å². The maximum Gasteiger partial charge on any atom is 0.526 e. The lowest BCUT2D eigenvalue weighted by atomic mass is 9.91. The molecule has 2 N–H and O–H groups in total. The van der Waals surface area contributed by atoms with Crippen LogP contribution >= 0.6 is 23.5 Å². The van der Waals surface area contributed by atoms with Gasteiger partial charge in [0.25, 0.3) is 0 Å². The van der Waals surface area contributed by atoms with E-state index in [0.717, 1.165) is 5.75 Å². The number of para-hydroxylation sites is 1. The van der Waals surface area contributed by atoms with Gasteiger partial charge in [-0.05, 0) is 63.5 Å². The first-order valence-corrected chi connectivity index (χ1v) is 17.0. The predicted octanol–water partition coefficient (Wildman–Crippen LogP) is 6.34.